The summed E-state index contributed by atoms with van der Waals surface area (Å²) in [6, 6.07) is 13.0. The van der Waals surface area contributed by atoms with E-state index in [4.69, 9.17) is 41.4 Å². The molecular formula is C32H29Cl2CrN8O16S4+3. The van der Waals surface area contributed by atoms with Crippen molar-refractivity contribution in [3.63, 3.8) is 0 Å². The van der Waals surface area contributed by atoms with Gasteiger partial charge >= 0.3 is 7.13 Å². The second-order valence-electron chi connectivity index (χ2n) is 12.1. The predicted molar refractivity (Wildman–Crippen MR) is 220 cm³/mol. The molecule has 63 heavy (non-hydrogen) atoms. The van der Waals surface area contributed by atoms with E-state index in [0.29, 0.717) is 0 Å². The van der Waals surface area contributed by atoms with E-state index in [9.17, 15) is 53.5 Å². The average molecular weight is 1030 g/mol. The Morgan fingerprint density at radius 3 is 1.13 bits per heavy atom. The summed E-state index contributed by atoms with van der Waals surface area (Å²) in [7, 11) is -18.4. The fourth-order valence-electron chi connectivity index (χ4n) is 4.97. The van der Waals surface area contributed by atoms with Gasteiger partial charge in [-0.15, -0.1) is 11.4 Å². The largest absolute Gasteiger partial charge is 1.00 e. The third kappa shape index (κ3) is 11.5. The zero-order valence-electron chi connectivity index (χ0n) is 36.1. The van der Waals surface area contributed by atoms with Gasteiger partial charge in [0.15, 0.2) is 11.5 Å². The van der Waals surface area contributed by atoms with Crippen LogP contribution in [-0.2, 0) is 57.8 Å². The Hall–Kier alpha value is -5.55. The smallest absolute Gasteiger partial charge is 0.504 e. The van der Waals surface area contributed by atoms with E-state index < -0.39 is 84.3 Å². The van der Waals surface area contributed by atoms with Crippen molar-refractivity contribution in [2.75, 3.05) is 0 Å². The van der Waals surface area contributed by atoms with Crippen LogP contribution in [-0.4, -0.2) is 81.7 Å². The summed E-state index contributed by atoms with van der Waals surface area (Å²) in [6.07, 6.45) is 0. The zero-order valence-corrected chi connectivity index (χ0v) is 37.1. The van der Waals surface area contributed by atoms with Crippen LogP contribution >= 0.6 is 23.2 Å². The number of halogens is 2. The molecule has 0 bridgehead atoms. The second-order valence-corrected chi connectivity index (χ2v) is 18.6. The number of hydrogen-bond donors (Lipinski definition) is 6. The summed E-state index contributed by atoms with van der Waals surface area (Å²) in [5.41, 5.74) is -2.31. The molecule has 6 rings (SSSR count). The van der Waals surface area contributed by atoms with Crippen molar-refractivity contribution in [1.29, 1.82) is 0 Å². The quantitative estimate of drug-likeness (QED) is 0.0551. The average Bonchev–Trinajstić information content (AvgIpc) is 3.62. The van der Waals surface area contributed by atoms with Crippen molar-refractivity contribution in [3.05, 3.63) is 115 Å². The normalized spacial score (nSPS) is 12.3. The monoisotopic (exact) mass is 1030 g/mol. The van der Waals surface area contributed by atoms with Crippen molar-refractivity contribution in [3.8, 4) is 22.9 Å². The molecule has 0 aliphatic carbocycles. The number of phenols is 2. The van der Waals surface area contributed by atoms with Crippen LogP contribution in [0.5, 0.6) is 11.5 Å². The molecule has 0 radical (unpaired) electrons. The maximum atomic E-state index is 12.6. The van der Waals surface area contributed by atoms with E-state index in [-0.39, 0.29) is 78.5 Å². The third-order valence-electron chi connectivity index (χ3n) is 7.84. The molecule has 6 N–H and O–H groups in total. The molecule has 334 valence electrons. The summed E-state index contributed by atoms with van der Waals surface area (Å²) in [5, 5.41) is 42.4. The van der Waals surface area contributed by atoms with Gasteiger partial charge in [0.05, 0.1) is 21.2 Å². The van der Waals surface area contributed by atoms with E-state index in [1.165, 1.54) is 38.1 Å². The summed E-state index contributed by atoms with van der Waals surface area (Å²) >= 11 is 11.5. The molecule has 6 aromatic rings. The first-order valence-corrected chi connectivity index (χ1v) is 22.6. The Bertz CT molecular complexity index is 3210. The zero-order chi connectivity index (χ0) is 46.3. The number of azo groups is 2. The van der Waals surface area contributed by atoms with Crippen molar-refractivity contribution >= 4 is 86.4 Å². The minimum absolute atomic E-state index is 0. The van der Waals surface area contributed by atoms with Crippen molar-refractivity contribution in [1.82, 2.24) is 19.6 Å². The maximum absolute atomic E-state index is 12.6. The van der Waals surface area contributed by atoms with Gasteiger partial charge in [-0.3, -0.25) is 18.2 Å². The molecule has 0 spiro atoms. The number of aryl methyl sites for hydroxylation is 2. The van der Waals surface area contributed by atoms with Crippen LogP contribution in [0.15, 0.2) is 122 Å². The molecule has 0 atom stereocenters. The Balaban J connectivity index is 0. The Morgan fingerprint density at radius 1 is 0.556 bits per heavy atom. The first-order valence-electron chi connectivity index (χ1n) is 16.1. The van der Waals surface area contributed by atoms with E-state index in [1.54, 1.807) is 0 Å². The summed E-state index contributed by atoms with van der Waals surface area (Å²) in [6.45, 7) is 2.86. The van der Waals surface area contributed by atoms with Gasteiger partial charge in [-0.2, -0.15) is 43.9 Å². The molecule has 0 saturated carbocycles. The molecule has 2 aromatic heterocycles. The molecular weight excluding hydrogens is 1000 g/mol. The van der Waals surface area contributed by atoms with Crippen molar-refractivity contribution in [2.24, 2.45) is 20.5 Å². The first-order chi connectivity index (χ1) is 28.6. The van der Waals surface area contributed by atoms with Crippen LogP contribution in [0.1, 0.15) is 18.5 Å². The minimum atomic E-state index is -4.80. The Morgan fingerprint density at radius 2 is 0.857 bits per heavy atom. The SMILES string of the molecule is Cc1nn(-c2ccc(S(=O)(=O)O)cc2)c(=O)[c-]1N=Nc1cc(Cl)cc(S(=O)(=O)O)c1O.Cc1nn(-c2ccc(S(=O)(=O)O)cc2)c(=O)[c-]1N=Nc1cc(Cl)cc(S(=O)(=O)O)c1O.[Cr].[H+].[H+].[H+].[H+].[H+]. The number of rotatable bonds is 10. The van der Waals surface area contributed by atoms with E-state index in [1.807, 2.05) is 0 Å². The van der Waals surface area contributed by atoms with Crippen molar-refractivity contribution in [2.45, 2.75) is 33.4 Å². The van der Waals surface area contributed by atoms with Crippen molar-refractivity contribution < 1.29 is 86.6 Å². The number of aromatic nitrogens is 4. The first kappa shape index (κ1) is 50.1. The fourth-order valence-corrected chi connectivity index (χ4v) is 7.73. The molecule has 0 aliphatic heterocycles. The Labute approximate surface area is 382 Å². The number of hydrogen-bond acceptors (Lipinski definition) is 18. The summed E-state index contributed by atoms with van der Waals surface area (Å²) < 4.78 is 128. The number of phenolic OH excluding ortho intramolecular Hbond substituents is 2. The summed E-state index contributed by atoms with van der Waals surface area (Å²) in [5.74, 6) is -1.84. The molecule has 2 heterocycles. The molecule has 31 heteroatoms. The Kier molecular flexibility index (Phi) is 14.8. The van der Waals surface area contributed by atoms with Crippen LogP contribution in [0.25, 0.3) is 11.4 Å². The molecule has 0 aliphatic rings. The molecule has 0 saturated heterocycles. The van der Waals surface area contributed by atoms with Gasteiger partial charge in [0.1, 0.15) is 32.3 Å². The third-order valence-corrected chi connectivity index (χ3v) is 11.8. The molecule has 0 unspecified atom stereocenters. The van der Waals surface area contributed by atoms with Crippen LogP contribution < -0.4 is 11.1 Å². The van der Waals surface area contributed by atoms with E-state index in [0.717, 1.165) is 57.9 Å². The van der Waals surface area contributed by atoms with E-state index >= 15 is 0 Å². The van der Waals surface area contributed by atoms with Gasteiger partial charge in [-0.05, 0) is 72.8 Å². The topological polar surface area (TPSA) is 377 Å². The standard InChI is InChI=1S/2C16H12ClN4O8S2.Cr/c2*1-8-14(19-18-12-6-9(17)7-13(15(12)22)31(27,28)29)16(23)21(20-8)10-2-4-11(5-3-10)30(24,25)26;/h2*2-7,22H,1H3,(H,24,25,26)(H,27,28,29);/q2*-1;/p+5. The molecule has 0 amide bonds. The van der Waals surface area contributed by atoms with Gasteiger partial charge in [-0.25, -0.2) is 19.6 Å². The number of benzene rings is 4. The second kappa shape index (κ2) is 18.7. The van der Waals surface area contributed by atoms with Gasteiger partial charge in [0.25, 0.3) is 40.5 Å². The van der Waals surface area contributed by atoms with Crippen LogP contribution in [0.4, 0.5) is 22.7 Å². The van der Waals surface area contributed by atoms with Crippen LogP contribution in [0.2, 0.25) is 10.0 Å². The number of nitrogens with zero attached hydrogens (tertiary/aromatic N) is 8. The van der Waals surface area contributed by atoms with E-state index in [2.05, 4.69) is 30.7 Å². The molecule has 0 fully saturated rings. The number of aromatic hydroxyl groups is 2. The van der Waals surface area contributed by atoms with Gasteiger partial charge in [0.2, 0.25) is 0 Å². The van der Waals surface area contributed by atoms with Gasteiger partial charge < -0.3 is 30.0 Å². The van der Waals surface area contributed by atoms with Crippen LogP contribution in [0.3, 0.4) is 0 Å². The van der Waals surface area contributed by atoms with Gasteiger partial charge in [-0.1, -0.05) is 48.4 Å². The predicted octanol–water partition coefficient (Wildman–Crippen LogP) is 5.62. The minimum Gasteiger partial charge on any atom is -0.504 e. The molecule has 4 aromatic carbocycles. The molecule has 24 nitrogen and oxygen atoms in total. The van der Waals surface area contributed by atoms with Crippen LogP contribution in [0, 0.1) is 13.8 Å². The summed E-state index contributed by atoms with van der Waals surface area (Å²) in [4.78, 5) is 22.7. The fraction of sp³-hybridized carbons (Fsp3) is 0.0625. The maximum Gasteiger partial charge on any atom is 1.00 e. The van der Waals surface area contributed by atoms with Gasteiger partial charge in [0, 0.05) is 27.4 Å².